The maximum atomic E-state index is 11.6. The van der Waals surface area contributed by atoms with Crippen molar-refractivity contribution in [2.24, 2.45) is 0 Å². The topological polar surface area (TPSA) is 41.1 Å². The molecule has 0 aromatic carbocycles. The first kappa shape index (κ1) is 14.0. The Morgan fingerprint density at radius 3 is 2.20 bits per heavy atom. The Labute approximate surface area is 93.0 Å². The van der Waals surface area contributed by atoms with Crippen molar-refractivity contribution >= 4 is 5.91 Å². The molecule has 86 valence electrons. The molecule has 0 aliphatic heterocycles. The Morgan fingerprint density at radius 1 is 1.27 bits per heavy atom. The molecule has 15 heavy (non-hydrogen) atoms. The average molecular weight is 210 g/mol. The van der Waals surface area contributed by atoms with Gasteiger partial charge in [-0.3, -0.25) is 10.1 Å². The molecule has 0 saturated carbocycles. The molecule has 0 fully saturated rings. The molecule has 0 saturated heterocycles. The quantitative estimate of drug-likeness (QED) is 0.491. The van der Waals surface area contributed by atoms with Gasteiger partial charge in [0.05, 0.1) is 13.1 Å². The first-order valence-electron chi connectivity index (χ1n) is 5.59. The van der Waals surface area contributed by atoms with Crippen LogP contribution in [-0.4, -0.2) is 24.5 Å². The van der Waals surface area contributed by atoms with E-state index in [9.17, 15) is 4.79 Å². The Bertz CT molecular complexity index is 218. The van der Waals surface area contributed by atoms with E-state index < -0.39 is 0 Å². The zero-order valence-corrected chi connectivity index (χ0v) is 10.0. The van der Waals surface area contributed by atoms with Gasteiger partial charge >= 0.3 is 0 Å². The third-order valence-corrected chi connectivity index (χ3v) is 2.95. The highest BCUT2D eigenvalue weighted by atomic mass is 16.2. The summed E-state index contributed by atoms with van der Waals surface area (Å²) in [6, 6.07) is 0. The van der Waals surface area contributed by atoms with Crippen molar-refractivity contribution in [2.45, 2.75) is 45.6 Å². The summed E-state index contributed by atoms with van der Waals surface area (Å²) in [5, 5.41) is 5.95. The third-order valence-electron chi connectivity index (χ3n) is 2.95. The summed E-state index contributed by atoms with van der Waals surface area (Å²) in [5.41, 5.74) is -0.0467. The first-order valence-corrected chi connectivity index (χ1v) is 5.59. The SMILES string of the molecule is C#CCNCC(=O)NC(CC)(CC)CC. The normalized spacial score (nSPS) is 10.8. The van der Waals surface area contributed by atoms with E-state index in [0.717, 1.165) is 19.3 Å². The van der Waals surface area contributed by atoms with Crippen molar-refractivity contribution in [3.8, 4) is 12.3 Å². The minimum absolute atomic E-state index is 0.0239. The number of rotatable bonds is 7. The van der Waals surface area contributed by atoms with Crippen LogP contribution in [0.4, 0.5) is 0 Å². The summed E-state index contributed by atoms with van der Waals surface area (Å²) < 4.78 is 0. The molecule has 0 aliphatic carbocycles. The van der Waals surface area contributed by atoms with Gasteiger partial charge in [0.25, 0.3) is 0 Å². The molecule has 2 N–H and O–H groups in total. The second-order valence-electron chi connectivity index (χ2n) is 3.70. The van der Waals surface area contributed by atoms with Gasteiger partial charge in [-0.25, -0.2) is 0 Å². The predicted octanol–water partition coefficient (Wildman–Crippen LogP) is 1.29. The van der Waals surface area contributed by atoms with E-state index in [4.69, 9.17) is 6.42 Å². The summed E-state index contributed by atoms with van der Waals surface area (Å²) in [7, 11) is 0. The van der Waals surface area contributed by atoms with E-state index in [-0.39, 0.29) is 11.4 Å². The van der Waals surface area contributed by atoms with Crippen molar-refractivity contribution in [1.82, 2.24) is 10.6 Å². The van der Waals surface area contributed by atoms with Crippen LogP contribution >= 0.6 is 0 Å². The Hall–Kier alpha value is -1.01. The molecule has 0 unspecified atom stereocenters. The second-order valence-corrected chi connectivity index (χ2v) is 3.70. The van der Waals surface area contributed by atoms with Crippen LogP contribution in [-0.2, 0) is 4.79 Å². The van der Waals surface area contributed by atoms with Crippen LogP contribution < -0.4 is 10.6 Å². The number of nitrogens with one attached hydrogen (secondary N) is 2. The highest BCUT2D eigenvalue weighted by Crippen LogP contribution is 2.18. The third kappa shape index (κ3) is 4.85. The van der Waals surface area contributed by atoms with Crippen molar-refractivity contribution < 1.29 is 4.79 Å². The van der Waals surface area contributed by atoms with Crippen LogP contribution in [0.5, 0.6) is 0 Å². The number of carbonyl (C=O) groups excluding carboxylic acids is 1. The molecule has 0 heterocycles. The second kappa shape index (κ2) is 7.30. The van der Waals surface area contributed by atoms with Crippen LogP contribution in [0.2, 0.25) is 0 Å². The average Bonchev–Trinajstić information content (AvgIpc) is 2.26. The largest absolute Gasteiger partial charge is 0.350 e. The summed E-state index contributed by atoms with van der Waals surface area (Å²) in [6.45, 7) is 7.03. The van der Waals surface area contributed by atoms with E-state index in [1.54, 1.807) is 0 Å². The molecule has 0 aliphatic rings. The van der Waals surface area contributed by atoms with Crippen molar-refractivity contribution in [3.05, 3.63) is 0 Å². The number of hydrogen-bond donors (Lipinski definition) is 2. The highest BCUT2D eigenvalue weighted by molar-refractivity contribution is 5.78. The summed E-state index contributed by atoms with van der Waals surface area (Å²) >= 11 is 0. The lowest BCUT2D eigenvalue weighted by Gasteiger charge is -2.31. The maximum absolute atomic E-state index is 11.6. The summed E-state index contributed by atoms with van der Waals surface area (Å²) in [5.74, 6) is 2.46. The monoisotopic (exact) mass is 210 g/mol. The lowest BCUT2D eigenvalue weighted by molar-refractivity contribution is -0.122. The number of amides is 1. The van der Waals surface area contributed by atoms with E-state index in [0.29, 0.717) is 13.1 Å². The fraction of sp³-hybridized carbons (Fsp3) is 0.750. The smallest absolute Gasteiger partial charge is 0.234 e. The summed E-state index contributed by atoms with van der Waals surface area (Å²) in [4.78, 5) is 11.6. The predicted molar refractivity (Wildman–Crippen MR) is 63.4 cm³/mol. The van der Waals surface area contributed by atoms with Gasteiger partial charge in [0, 0.05) is 5.54 Å². The molecular formula is C12H22N2O. The minimum Gasteiger partial charge on any atom is -0.350 e. The van der Waals surface area contributed by atoms with Gasteiger partial charge in [-0.1, -0.05) is 26.7 Å². The molecule has 0 aromatic rings. The Kier molecular flexibility index (Phi) is 6.81. The van der Waals surface area contributed by atoms with Gasteiger partial charge in [-0.2, -0.15) is 0 Å². The van der Waals surface area contributed by atoms with Gasteiger partial charge in [0.1, 0.15) is 0 Å². The Balaban J connectivity index is 4.07. The van der Waals surface area contributed by atoms with Crippen molar-refractivity contribution in [3.63, 3.8) is 0 Å². The van der Waals surface area contributed by atoms with Crippen molar-refractivity contribution in [2.75, 3.05) is 13.1 Å². The lowest BCUT2D eigenvalue weighted by atomic mass is 9.90. The fourth-order valence-electron chi connectivity index (χ4n) is 1.60. The van der Waals surface area contributed by atoms with Crippen LogP contribution in [0.3, 0.4) is 0 Å². The molecule has 0 radical (unpaired) electrons. The molecule has 3 nitrogen and oxygen atoms in total. The molecule has 0 atom stereocenters. The number of hydrogen-bond acceptors (Lipinski definition) is 2. The van der Waals surface area contributed by atoms with Gasteiger partial charge < -0.3 is 5.32 Å². The van der Waals surface area contributed by atoms with Crippen LogP contribution in [0.25, 0.3) is 0 Å². The molecule has 0 aromatic heterocycles. The van der Waals surface area contributed by atoms with Gasteiger partial charge in [0.15, 0.2) is 0 Å². The van der Waals surface area contributed by atoms with E-state index in [1.165, 1.54) is 0 Å². The Morgan fingerprint density at radius 2 is 1.80 bits per heavy atom. The van der Waals surface area contributed by atoms with Crippen LogP contribution in [0.15, 0.2) is 0 Å². The van der Waals surface area contributed by atoms with Crippen molar-refractivity contribution in [1.29, 1.82) is 0 Å². The molecule has 3 heteroatoms. The van der Waals surface area contributed by atoms with E-state index in [2.05, 4.69) is 37.3 Å². The summed E-state index contributed by atoms with van der Waals surface area (Å²) in [6.07, 6.45) is 7.95. The lowest BCUT2D eigenvalue weighted by Crippen LogP contribution is -2.49. The molecule has 0 spiro atoms. The standard InChI is InChI=1S/C12H22N2O/c1-5-9-13-10-11(15)14-12(6-2,7-3)8-4/h1,13H,6-10H2,2-4H3,(H,14,15). The zero-order valence-electron chi connectivity index (χ0n) is 10.0. The van der Waals surface area contributed by atoms with Crippen LogP contribution in [0.1, 0.15) is 40.0 Å². The molecule has 0 bridgehead atoms. The molecular weight excluding hydrogens is 188 g/mol. The zero-order chi connectivity index (χ0) is 11.7. The van der Waals surface area contributed by atoms with E-state index in [1.807, 2.05) is 0 Å². The maximum Gasteiger partial charge on any atom is 0.234 e. The molecule has 1 amide bonds. The fourth-order valence-corrected chi connectivity index (χ4v) is 1.60. The molecule has 0 rings (SSSR count). The van der Waals surface area contributed by atoms with Gasteiger partial charge in [-0.05, 0) is 19.3 Å². The number of carbonyl (C=O) groups is 1. The number of terminal acetylenes is 1. The van der Waals surface area contributed by atoms with E-state index >= 15 is 0 Å². The first-order chi connectivity index (χ1) is 7.14. The van der Waals surface area contributed by atoms with Gasteiger partial charge in [0.2, 0.25) is 5.91 Å². The highest BCUT2D eigenvalue weighted by Gasteiger charge is 2.25. The minimum atomic E-state index is -0.0467. The van der Waals surface area contributed by atoms with Gasteiger partial charge in [-0.15, -0.1) is 6.42 Å². The van der Waals surface area contributed by atoms with Crippen LogP contribution in [0, 0.1) is 12.3 Å².